The third-order valence-electron chi connectivity index (χ3n) is 8.88. The smallest absolute Gasteiger partial charge is 0.248 e. The number of fused-ring (bicyclic) bond motifs is 2. The number of halogens is 4. The maximum Gasteiger partial charge on any atom is 0.248 e. The Morgan fingerprint density at radius 1 is 1.21 bits per heavy atom. The largest absolute Gasteiger partial charge is 0.323 e. The number of rotatable bonds is 8. The molecule has 3 aliphatic rings. The van der Waals surface area contributed by atoms with E-state index in [0.29, 0.717) is 49.4 Å². The van der Waals surface area contributed by atoms with Crippen LogP contribution >= 0.6 is 11.6 Å². The van der Waals surface area contributed by atoms with Gasteiger partial charge in [-0.1, -0.05) is 23.7 Å². The van der Waals surface area contributed by atoms with Crippen LogP contribution in [0.2, 0.25) is 5.02 Å². The summed E-state index contributed by atoms with van der Waals surface area (Å²) in [6, 6.07) is 5.20. The number of carbonyl (C=O) groups excluding carboxylic acids is 1. The van der Waals surface area contributed by atoms with E-state index in [1.54, 1.807) is 24.3 Å². The van der Waals surface area contributed by atoms with Gasteiger partial charge in [-0.2, -0.15) is 4.31 Å². The summed E-state index contributed by atoms with van der Waals surface area (Å²) < 4.78 is 71.2. The molecule has 1 aliphatic carbocycles. The first kappa shape index (κ1) is 31.2. The molecule has 8 nitrogen and oxygen atoms in total. The normalized spacial score (nSPS) is 28.3. The number of nitrogens with one attached hydrogen (secondary N) is 2. The van der Waals surface area contributed by atoms with E-state index in [9.17, 15) is 22.0 Å². The molecule has 13 heteroatoms. The predicted molar refractivity (Wildman–Crippen MR) is 156 cm³/mol. The summed E-state index contributed by atoms with van der Waals surface area (Å²) in [4.78, 5) is 17.4. The molecule has 3 fully saturated rings. The predicted octanol–water partition coefficient (Wildman–Crippen LogP) is 4.45. The fourth-order valence-corrected chi connectivity index (χ4v) is 8.67. The van der Waals surface area contributed by atoms with Gasteiger partial charge >= 0.3 is 0 Å². The van der Waals surface area contributed by atoms with Gasteiger partial charge in [0.25, 0.3) is 0 Å². The number of benzene rings is 1. The number of nitrogens with two attached hydrogens (primary N) is 1. The molecule has 3 heterocycles. The van der Waals surface area contributed by atoms with Gasteiger partial charge in [0.05, 0.1) is 29.9 Å². The van der Waals surface area contributed by atoms with Crippen molar-refractivity contribution in [3.8, 4) is 0 Å². The SMILES string of the molecule is NC(C(=O)Nc1cncc(F)c1CC[C@H]1CN[C@@H]2CCCS(=O)(=O)N1C2)C(c1ccc(Cl)cc1)C1CCCC(F)(F)C1. The maximum atomic E-state index is 15.1. The van der Waals surface area contributed by atoms with Crippen LogP contribution in [0.15, 0.2) is 36.7 Å². The van der Waals surface area contributed by atoms with Crippen LogP contribution in [0.25, 0.3) is 0 Å². The van der Waals surface area contributed by atoms with E-state index in [0.717, 1.165) is 12.6 Å². The second-order valence-electron chi connectivity index (χ2n) is 11.8. The summed E-state index contributed by atoms with van der Waals surface area (Å²) in [6.45, 7) is 0.842. The van der Waals surface area contributed by atoms with Crippen molar-refractivity contribution in [2.75, 3.05) is 24.2 Å². The summed E-state index contributed by atoms with van der Waals surface area (Å²) in [5.41, 5.74) is 7.43. The molecule has 4 N–H and O–H groups in total. The first-order valence-corrected chi connectivity index (χ1v) is 16.5. The molecule has 230 valence electrons. The van der Waals surface area contributed by atoms with Gasteiger partial charge in [0.15, 0.2) is 0 Å². The number of carbonyl (C=O) groups is 1. The van der Waals surface area contributed by atoms with Crippen molar-refractivity contribution in [1.82, 2.24) is 14.6 Å². The molecular formula is C29H37ClF3N5O3S. The lowest BCUT2D eigenvalue weighted by molar-refractivity contribution is -0.119. The topological polar surface area (TPSA) is 117 Å². The number of aromatic nitrogens is 1. The van der Waals surface area contributed by atoms with Crippen molar-refractivity contribution in [3.63, 3.8) is 0 Å². The van der Waals surface area contributed by atoms with Gasteiger partial charge < -0.3 is 16.4 Å². The minimum Gasteiger partial charge on any atom is -0.323 e. The summed E-state index contributed by atoms with van der Waals surface area (Å²) in [5.74, 6) is -5.30. The van der Waals surface area contributed by atoms with E-state index < -0.39 is 45.5 Å². The Bertz CT molecular complexity index is 1380. The van der Waals surface area contributed by atoms with Crippen molar-refractivity contribution in [2.24, 2.45) is 11.7 Å². The average Bonchev–Trinajstić information content (AvgIpc) is 3.05. The van der Waals surface area contributed by atoms with E-state index >= 15 is 4.39 Å². The fourth-order valence-electron chi connectivity index (χ4n) is 6.73. The molecule has 5 rings (SSSR count). The molecular weight excluding hydrogens is 591 g/mol. The zero-order chi connectivity index (χ0) is 30.1. The van der Waals surface area contributed by atoms with Crippen molar-refractivity contribution in [1.29, 1.82) is 0 Å². The standard InChI is InChI=1S/C29H37ClF3N5O3S/c30-20-7-5-18(6-8-20)26(19-3-1-11-29(32,33)13-19)27(34)28(39)37-25-16-35-15-24(31)23(25)10-9-22-14-36-21-4-2-12-42(40,41)38(22)17-21/h5-8,15-16,19,21-22,26-27,36H,1-4,9-14,17,34H2,(H,37,39)/t19?,21-,22+,26?,27?/m1/s1. The highest BCUT2D eigenvalue weighted by molar-refractivity contribution is 7.89. The quantitative estimate of drug-likeness (QED) is 0.398. The van der Waals surface area contributed by atoms with E-state index in [4.69, 9.17) is 17.3 Å². The molecule has 6 atom stereocenters. The number of pyridine rings is 1. The maximum absolute atomic E-state index is 15.1. The van der Waals surface area contributed by atoms with Crippen LogP contribution in [0, 0.1) is 11.7 Å². The summed E-state index contributed by atoms with van der Waals surface area (Å²) in [7, 11) is -3.41. The van der Waals surface area contributed by atoms with Crippen molar-refractivity contribution < 1.29 is 26.4 Å². The first-order valence-electron chi connectivity index (χ1n) is 14.5. The van der Waals surface area contributed by atoms with Crippen LogP contribution in [0.1, 0.15) is 62.0 Å². The molecule has 0 spiro atoms. The number of sulfonamides is 1. The van der Waals surface area contributed by atoms with E-state index in [1.165, 1.54) is 10.5 Å². The van der Waals surface area contributed by atoms with Crippen molar-refractivity contribution in [2.45, 2.75) is 81.3 Å². The Morgan fingerprint density at radius 3 is 2.71 bits per heavy atom. The number of hydrogen-bond acceptors (Lipinski definition) is 6. The van der Waals surface area contributed by atoms with Crippen molar-refractivity contribution >= 4 is 33.2 Å². The van der Waals surface area contributed by atoms with Gasteiger partial charge in [-0.25, -0.2) is 21.6 Å². The highest BCUT2D eigenvalue weighted by atomic mass is 35.5. The number of piperazine rings is 1. The molecule has 0 radical (unpaired) electrons. The second kappa shape index (κ2) is 12.8. The Morgan fingerprint density at radius 2 is 1.98 bits per heavy atom. The van der Waals surface area contributed by atoms with E-state index in [1.807, 2.05) is 0 Å². The van der Waals surface area contributed by atoms with Gasteiger partial charge in [-0.3, -0.25) is 9.78 Å². The van der Waals surface area contributed by atoms with Gasteiger partial charge in [0.2, 0.25) is 21.9 Å². The highest BCUT2D eigenvalue weighted by Gasteiger charge is 2.43. The summed E-state index contributed by atoms with van der Waals surface area (Å²) >= 11 is 6.05. The van der Waals surface area contributed by atoms with E-state index in [-0.39, 0.29) is 48.3 Å². The van der Waals surface area contributed by atoms with Crippen LogP contribution in [0.4, 0.5) is 18.9 Å². The third kappa shape index (κ3) is 7.10. The van der Waals surface area contributed by atoms with Crippen LogP contribution in [-0.4, -0.2) is 66.5 Å². The van der Waals surface area contributed by atoms with Crippen LogP contribution < -0.4 is 16.4 Å². The van der Waals surface area contributed by atoms with Crippen LogP contribution in [-0.2, 0) is 21.2 Å². The number of nitrogens with zero attached hydrogens (tertiary/aromatic N) is 2. The zero-order valence-electron chi connectivity index (χ0n) is 23.2. The fraction of sp³-hybridized carbons (Fsp3) is 0.586. The number of amides is 1. The molecule has 2 saturated heterocycles. The molecule has 1 aromatic carbocycles. The third-order valence-corrected chi connectivity index (χ3v) is 11.1. The molecule has 1 amide bonds. The van der Waals surface area contributed by atoms with Crippen LogP contribution in [0.3, 0.4) is 0 Å². The van der Waals surface area contributed by atoms with Gasteiger partial charge in [-0.05, 0) is 62.1 Å². The van der Waals surface area contributed by atoms with Gasteiger partial charge in [0, 0.05) is 54.5 Å². The Kier molecular flexibility index (Phi) is 9.48. The first-order chi connectivity index (χ1) is 19.9. The Balaban J connectivity index is 1.34. The summed E-state index contributed by atoms with van der Waals surface area (Å²) in [6.07, 6.45) is 4.45. The lowest BCUT2D eigenvalue weighted by Gasteiger charge is -2.37. The lowest BCUT2D eigenvalue weighted by atomic mass is 9.72. The van der Waals surface area contributed by atoms with Gasteiger partial charge in [0.1, 0.15) is 5.82 Å². The lowest BCUT2D eigenvalue weighted by Crippen LogP contribution is -2.57. The second-order valence-corrected chi connectivity index (χ2v) is 14.3. The van der Waals surface area contributed by atoms with E-state index in [2.05, 4.69) is 15.6 Å². The number of anilines is 1. The zero-order valence-corrected chi connectivity index (χ0v) is 24.8. The molecule has 4 unspecified atom stereocenters. The molecule has 2 aliphatic heterocycles. The highest BCUT2D eigenvalue weighted by Crippen LogP contribution is 2.44. The van der Waals surface area contributed by atoms with Gasteiger partial charge in [-0.15, -0.1) is 0 Å². The molecule has 1 aromatic heterocycles. The average molecular weight is 628 g/mol. The molecule has 1 saturated carbocycles. The molecule has 2 aromatic rings. The van der Waals surface area contributed by atoms with Crippen molar-refractivity contribution in [3.05, 3.63) is 58.6 Å². The minimum atomic E-state index is -3.41. The summed E-state index contributed by atoms with van der Waals surface area (Å²) in [5, 5.41) is 6.57. The number of hydrogen-bond donors (Lipinski definition) is 3. The number of alkyl halides is 2. The molecule has 2 bridgehead atoms. The minimum absolute atomic E-state index is 0.0895. The van der Waals surface area contributed by atoms with Crippen LogP contribution in [0.5, 0.6) is 0 Å². The Labute approximate surface area is 249 Å². The molecule has 42 heavy (non-hydrogen) atoms. The Hall–Kier alpha value is -2.25. The monoisotopic (exact) mass is 627 g/mol.